The molecule has 0 radical (unpaired) electrons. The van der Waals surface area contributed by atoms with Gasteiger partial charge >= 0.3 is 0 Å². The van der Waals surface area contributed by atoms with E-state index in [1.165, 1.54) is 45.3 Å². The monoisotopic (exact) mass is 281 g/mol. The number of hydrogen-bond donors (Lipinski definition) is 1. The van der Waals surface area contributed by atoms with E-state index in [1.54, 1.807) is 0 Å². The van der Waals surface area contributed by atoms with Gasteiger partial charge in [-0.3, -0.25) is 4.90 Å². The van der Waals surface area contributed by atoms with Crippen LogP contribution in [0.3, 0.4) is 0 Å². The first-order valence-corrected chi connectivity index (χ1v) is 8.50. The molecule has 3 atom stereocenters. The summed E-state index contributed by atoms with van der Waals surface area (Å²) in [5, 5.41) is 3.75. The zero-order chi connectivity index (χ0) is 13.9. The molecule has 3 aliphatic heterocycles. The van der Waals surface area contributed by atoms with Crippen LogP contribution in [0.1, 0.15) is 32.6 Å². The van der Waals surface area contributed by atoms with Gasteiger partial charge in [-0.05, 0) is 65.2 Å². The lowest BCUT2D eigenvalue weighted by atomic mass is 9.90. The summed E-state index contributed by atoms with van der Waals surface area (Å²) in [4.78, 5) is 5.08. The van der Waals surface area contributed by atoms with Gasteiger partial charge in [0.2, 0.25) is 0 Å². The van der Waals surface area contributed by atoms with Gasteiger partial charge in [0.15, 0.2) is 0 Å². The van der Waals surface area contributed by atoms with Gasteiger partial charge in [-0.15, -0.1) is 0 Å². The van der Waals surface area contributed by atoms with E-state index in [9.17, 15) is 0 Å². The van der Waals surface area contributed by atoms with Gasteiger partial charge in [-0.25, -0.2) is 0 Å². The summed E-state index contributed by atoms with van der Waals surface area (Å²) in [6.07, 6.45) is 5.78. The molecule has 3 aliphatic rings. The molecule has 0 spiro atoms. The van der Waals surface area contributed by atoms with Crippen molar-refractivity contribution in [3.63, 3.8) is 0 Å². The largest absolute Gasteiger partial charge is 0.374 e. The minimum absolute atomic E-state index is 0.401. The van der Waals surface area contributed by atoms with Crippen molar-refractivity contribution >= 4 is 0 Å². The summed E-state index contributed by atoms with van der Waals surface area (Å²) in [6, 6.07) is 1.35. The number of hydrogen-bond acceptors (Lipinski definition) is 4. The van der Waals surface area contributed by atoms with Crippen LogP contribution in [-0.4, -0.2) is 74.4 Å². The Morgan fingerprint density at radius 2 is 2.00 bits per heavy atom. The Morgan fingerprint density at radius 1 is 1.20 bits per heavy atom. The molecular weight excluding hydrogens is 250 g/mol. The molecule has 0 aromatic rings. The minimum Gasteiger partial charge on any atom is -0.374 e. The maximum atomic E-state index is 6.03. The van der Waals surface area contributed by atoms with E-state index in [2.05, 4.69) is 29.1 Å². The Hall–Kier alpha value is -0.160. The van der Waals surface area contributed by atoms with E-state index in [-0.39, 0.29) is 0 Å². The van der Waals surface area contributed by atoms with Crippen LogP contribution in [0.2, 0.25) is 0 Å². The van der Waals surface area contributed by atoms with Crippen molar-refractivity contribution in [3.05, 3.63) is 0 Å². The van der Waals surface area contributed by atoms with Gasteiger partial charge in [0.25, 0.3) is 0 Å². The number of fused-ring (bicyclic) bond motifs is 1. The highest BCUT2D eigenvalue weighted by atomic mass is 16.5. The zero-order valence-corrected chi connectivity index (χ0v) is 13.2. The normalized spacial score (nSPS) is 35.1. The second kappa shape index (κ2) is 6.73. The van der Waals surface area contributed by atoms with Gasteiger partial charge in [0.05, 0.1) is 12.7 Å². The molecule has 3 rings (SSSR count). The fourth-order valence-corrected chi connectivity index (χ4v) is 4.02. The molecule has 4 nitrogen and oxygen atoms in total. The standard InChI is InChI=1S/C16H31N3O/c1-13(14-5-8-18(2)9-6-14)17-10-16-11-19-7-3-4-15(19)12-20-16/h13-17H,3-12H2,1-2H3. The number of ether oxygens (including phenoxy) is 1. The fourth-order valence-electron chi connectivity index (χ4n) is 4.02. The predicted octanol–water partition coefficient (Wildman–Crippen LogP) is 1.17. The van der Waals surface area contributed by atoms with Gasteiger partial charge in [0, 0.05) is 25.2 Å². The lowest BCUT2D eigenvalue weighted by Crippen LogP contribution is -2.51. The summed E-state index contributed by atoms with van der Waals surface area (Å²) in [7, 11) is 2.23. The molecule has 0 saturated carbocycles. The molecule has 4 heteroatoms. The quantitative estimate of drug-likeness (QED) is 0.837. The van der Waals surface area contributed by atoms with Gasteiger partial charge < -0.3 is 15.0 Å². The highest BCUT2D eigenvalue weighted by molar-refractivity contribution is 4.87. The van der Waals surface area contributed by atoms with Crippen LogP contribution < -0.4 is 5.32 Å². The number of rotatable bonds is 4. The van der Waals surface area contributed by atoms with E-state index < -0.39 is 0 Å². The van der Waals surface area contributed by atoms with Crippen molar-refractivity contribution in [2.75, 3.05) is 46.4 Å². The molecule has 0 aromatic heterocycles. The number of morpholine rings is 1. The van der Waals surface area contributed by atoms with Crippen molar-refractivity contribution in [1.29, 1.82) is 0 Å². The van der Waals surface area contributed by atoms with Gasteiger partial charge in [-0.2, -0.15) is 0 Å². The van der Waals surface area contributed by atoms with Crippen LogP contribution in [0, 0.1) is 5.92 Å². The molecule has 3 unspecified atom stereocenters. The van der Waals surface area contributed by atoms with E-state index in [0.29, 0.717) is 12.1 Å². The summed E-state index contributed by atoms with van der Waals surface area (Å²) >= 11 is 0. The van der Waals surface area contributed by atoms with Crippen molar-refractivity contribution in [2.45, 2.75) is 50.8 Å². The summed E-state index contributed by atoms with van der Waals surface area (Å²) in [5.74, 6) is 0.842. The van der Waals surface area contributed by atoms with Crippen molar-refractivity contribution in [3.8, 4) is 0 Å². The highest BCUT2D eigenvalue weighted by Gasteiger charge is 2.32. The number of nitrogens with zero attached hydrogens (tertiary/aromatic N) is 2. The van der Waals surface area contributed by atoms with E-state index >= 15 is 0 Å². The molecule has 3 saturated heterocycles. The number of piperidine rings is 1. The summed E-state index contributed by atoms with van der Waals surface area (Å²) in [5.41, 5.74) is 0. The van der Waals surface area contributed by atoms with Crippen molar-refractivity contribution in [2.24, 2.45) is 5.92 Å². The third-order valence-corrected chi connectivity index (χ3v) is 5.60. The van der Waals surface area contributed by atoms with Crippen molar-refractivity contribution < 1.29 is 4.74 Å². The zero-order valence-electron chi connectivity index (χ0n) is 13.2. The second-order valence-electron chi connectivity index (χ2n) is 7.08. The van der Waals surface area contributed by atoms with Crippen LogP contribution in [-0.2, 0) is 4.74 Å². The molecular formula is C16H31N3O. The summed E-state index contributed by atoms with van der Waals surface area (Å²) < 4.78 is 6.03. The Morgan fingerprint density at radius 3 is 2.80 bits per heavy atom. The Kier molecular flexibility index (Phi) is 4.97. The minimum atomic E-state index is 0.401. The third kappa shape index (κ3) is 3.53. The molecule has 0 amide bonds. The molecule has 3 fully saturated rings. The van der Waals surface area contributed by atoms with Crippen LogP contribution >= 0.6 is 0 Å². The van der Waals surface area contributed by atoms with Crippen molar-refractivity contribution in [1.82, 2.24) is 15.1 Å². The molecule has 0 bridgehead atoms. The lowest BCUT2D eigenvalue weighted by Gasteiger charge is -2.37. The molecule has 0 aliphatic carbocycles. The first-order valence-electron chi connectivity index (χ1n) is 8.50. The number of likely N-dealkylation sites (tertiary alicyclic amines) is 1. The summed E-state index contributed by atoms with van der Waals surface area (Å²) in [6.45, 7) is 9.27. The van der Waals surface area contributed by atoms with Gasteiger partial charge in [-0.1, -0.05) is 0 Å². The Balaban J connectivity index is 1.38. The first kappa shape index (κ1) is 14.8. The maximum Gasteiger partial charge on any atom is 0.0827 e. The fraction of sp³-hybridized carbons (Fsp3) is 1.00. The Bertz CT molecular complexity index is 304. The van der Waals surface area contributed by atoms with Crippen LogP contribution in [0.25, 0.3) is 0 Å². The van der Waals surface area contributed by atoms with Crippen LogP contribution in [0.15, 0.2) is 0 Å². The van der Waals surface area contributed by atoms with Crippen LogP contribution in [0.5, 0.6) is 0 Å². The topological polar surface area (TPSA) is 27.7 Å². The SMILES string of the molecule is CC(NCC1CN2CCCC2CO1)C1CCN(C)CC1. The average Bonchev–Trinajstić information content (AvgIpc) is 2.93. The van der Waals surface area contributed by atoms with E-state index in [0.717, 1.165) is 31.7 Å². The van der Waals surface area contributed by atoms with E-state index in [1.807, 2.05) is 0 Å². The maximum absolute atomic E-state index is 6.03. The van der Waals surface area contributed by atoms with Crippen LogP contribution in [0.4, 0.5) is 0 Å². The third-order valence-electron chi connectivity index (χ3n) is 5.60. The smallest absolute Gasteiger partial charge is 0.0827 e. The molecule has 116 valence electrons. The first-order chi connectivity index (χ1) is 9.72. The Labute approximate surface area is 123 Å². The molecule has 0 aromatic carbocycles. The molecule has 3 heterocycles. The molecule has 20 heavy (non-hydrogen) atoms. The average molecular weight is 281 g/mol. The predicted molar refractivity (Wildman–Crippen MR) is 82.0 cm³/mol. The highest BCUT2D eigenvalue weighted by Crippen LogP contribution is 2.23. The van der Waals surface area contributed by atoms with Gasteiger partial charge in [0.1, 0.15) is 0 Å². The molecule has 1 N–H and O–H groups in total. The van der Waals surface area contributed by atoms with E-state index in [4.69, 9.17) is 4.74 Å². The number of nitrogens with one attached hydrogen (secondary N) is 1. The lowest BCUT2D eigenvalue weighted by molar-refractivity contribution is -0.0485. The second-order valence-corrected chi connectivity index (χ2v) is 7.08.